The van der Waals surface area contributed by atoms with Gasteiger partial charge in [0, 0.05) is 9.75 Å². The maximum absolute atomic E-state index is 5.93. The number of halogens is 2. The van der Waals surface area contributed by atoms with Crippen LogP contribution in [-0.4, -0.2) is 0 Å². The Balaban J connectivity index is 2.36. The van der Waals surface area contributed by atoms with E-state index in [1.165, 1.54) is 10.4 Å². The molecule has 2 aromatic heterocycles. The van der Waals surface area contributed by atoms with E-state index in [2.05, 4.69) is 34.3 Å². The van der Waals surface area contributed by atoms with Crippen LogP contribution in [0.3, 0.4) is 0 Å². The van der Waals surface area contributed by atoms with E-state index < -0.39 is 0 Å². The molecule has 2 rings (SSSR count). The third-order valence-electron chi connectivity index (χ3n) is 2.21. The summed E-state index contributed by atoms with van der Waals surface area (Å²) in [6, 6.07) is 6.04. The van der Waals surface area contributed by atoms with Crippen LogP contribution < -0.4 is 11.3 Å². The highest BCUT2D eigenvalue weighted by atomic mass is 79.9. The van der Waals surface area contributed by atoms with Crippen molar-refractivity contribution in [1.29, 1.82) is 0 Å². The van der Waals surface area contributed by atoms with Crippen LogP contribution in [0.5, 0.6) is 0 Å². The minimum absolute atomic E-state index is 0.0208. The number of thiophene rings is 2. The van der Waals surface area contributed by atoms with Gasteiger partial charge in [0.25, 0.3) is 0 Å². The lowest BCUT2D eigenvalue weighted by molar-refractivity contribution is 0.656. The first-order valence-corrected chi connectivity index (χ1v) is 7.39. The first-order valence-electron chi connectivity index (χ1n) is 4.59. The van der Waals surface area contributed by atoms with Crippen LogP contribution in [-0.2, 0) is 0 Å². The van der Waals surface area contributed by atoms with Gasteiger partial charge in [-0.3, -0.25) is 5.84 Å². The summed E-state index contributed by atoms with van der Waals surface area (Å²) in [5.74, 6) is 5.61. The van der Waals surface area contributed by atoms with Crippen LogP contribution in [0.1, 0.15) is 21.4 Å². The summed E-state index contributed by atoms with van der Waals surface area (Å²) < 4.78 is 1.92. The minimum atomic E-state index is 0.0208. The normalized spacial score (nSPS) is 13.0. The Hall–Kier alpha value is 0.0900. The second kappa shape index (κ2) is 5.16. The van der Waals surface area contributed by atoms with Gasteiger partial charge in [0.1, 0.15) is 0 Å². The quantitative estimate of drug-likeness (QED) is 0.654. The SMILES string of the molecule is Cc1cc(C(NN)c2ccc(Cl)s2)sc1Br. The monoisotopic (exact) mass is 336 g/mol. The molecule has 0 spiro atoms. The summed E-state index contributed by atoms with van der Waals surface area (Å²) >= 11 is 12.7. The van der Waals surface area contributed by atoms with Gasteiger partial charge in [0.05, 0.1) is 14.2 Å². The van der Waals surface area contributed by atoms with Gasteiger partial charge in [0.15, 0.2) is 0 Å². The fourth-order valence-corrected chi connectivity index (χ4v) is 4.28. The van der Waals surface area contributed by atoms with Gasteiger partial charge in [-0.15, -0.1) is 22.7 Å². The van der Waals surface area contributed by atoms with Crippen LogP contribution in [0.4, 0.5) is 0 Å². The van der Waals surface area contributed by atoms with Gasteiger partial charge in [0.2, 0.25) is 0 Å². The molecule has 0 aliphatic carbocycles. The zero-order valence-corrected chi connectivity index (χ0v) is 12.4. The van der Waals surface area contributed by atoms with E-state index >= 15 is 0 Å². The molecule has 2 heterocycles. The van der Waals surface area contributed by atoms with Crippen molar-refractivity contribution in [3.63, 3.8) is 0 Å². The number of hydrogen-bond donors (Lipinski definition) is 2. The third-order valence-corrected chi connectivity index (χ3v) is 5.70. The highest BCUT2D eigenvalue weighted by molar-refractivity contribution is 9.11. The van der Waals surface area contributed by atoms with Gasteiger partial charge in [-0.2, -0.15) is 0 Å². The second-order valence-electron chi connectivity index (χ2n) is 3.35. The summed E-state index contributed by atoms with van der Waals surface area (Å²) in [4.78, 5) is 2.31. The molecule has 0 aromatic carbocycles. The molecule has 16 heavy (non-hydrogen) atoms. The number of rotatable bonds is 3. The number of aryl methyl sites for hydroxylation is 1. The molecule has 2 nitrogen and oxygen atoms in total. The van der Waals surface area contributed by atoms with Crippen molar-refractivity contribution >= 4 is 50.2 Å². The van der Waals surface area contributed by atoms with E-state index in [-0.39, 0.29) is 6.04 Å². The summed E-state index contributed by atoms with van der Waals surface area (Å²) in [5, 5.41) is 0. The van der Waals surface area contributed by atoms with Gasteiger partial charge in [-0.05, 0) is 46.6 Å². The fraction of sp³-hybridized carbons (Fsp3) is 0.200. The van der Waals surface area contributed by atoms with E-state index in [1.54, 1.807) is 22.7 Å². The highest BCUT2D eigenvalue weighted by Crippen LogP contribution is 2.37. The third kappa shape index (κ3) is 2.50. The highest BCUT2D eigenvalue weighted by Gasteiger charge is 2.17. The number of hydrazine groups is 1. The Labute approximate surface area is 116 Å². The Kier molecular flexibility index (Phi) is 4.05. The summed E-state index contributed by atoms with van der Waals surface area (Å²) in [6.07, 6.45) is 0. The van der Waals surface area contributed by atoms with Crippen molar-refractivity contribution in [1.82, 2.24) is 5.43 Å². The summed E-state index contributed by atoms with van der Waals surface area (Å²) in [5.41, 5.74) is 4.05. The molecular formula is C10H10BrClN2S2. The predicted molar refractivity (Wildman–Crippen MR) is 75.3 cm³/mol. The smallest absolute Gasteiger partial charge is 0.0931 e. The standard InChI is InChI=1S/C10H10BrClN2S2/c1-5-4-7(16-10(5)11)9(14-13)6-2-3-8(12)15-6/h2-4,9,14H,13H2,1H3. The van der Waals surface area contributed by atoms with E-state index in [4.69, 9.17) is 17.4 Å². The molecule has 0 fully saturated rings. The molecule has 0 aliphatic rings. The van der Waals surface area contributed by atoms with Crippen molar-refractivity contribution in [3.8, 4) is 0 Å². The molecule has 1 unspecified atom stereocenters. The van der Waals surface area contributed by atoms with E-state index in [1.807, 2.05) is 12.1 Å². The van der Waals surface area contributed by atoms with Gasteiger partial charge in [-0.1, -0.05) is 11.6 Å². The molecule has 0 aliphatic heterocycles. The van der Waals surface area contributed by atoms with Crippen LogP contribution in [0, 0.1) is 6.92 Å². The zero-order chi connectivity index (χ0) is 11.7. The molecule has 3 N–H and O–H groups in total. The Morgan fingerprint density at radius 1 is 1.38 bits per heavy atom. The van der Waals surface area contributed by atoms with Crippen LogP contribution >= 0.6 is 50.2 Å². The molecule has 6 heteroatoms. The average Bonchev–Trinajstić information content (AvgIpc) is 2.77. The second-order valence-corrected chi connectivity index (χ2v) is 7.50. The first-order chi connectivity index (χ1) is 7.61. The lowest BCUT2D eigenvalue weighted by Crippen LogP contribution is -2.27. The van der Waals surface area contributed by atoms with Crippen molar-refractivity contribution in [2.45, 2.75) is 13.0 Å². The van der Waals surface area contributed by atoms with E-state index in [0.717, 1.165) is 13.0 Å². The number of nitrogens with one attached hydrogen (secondary N) is 1. The molecule has 0 saturated heterocycles. The molecule has 2 aromatic rings. The molecule has 0 saturated carbocycles. The number of nitrogens with two attached hydrogens (primary N) is 1. The maximum Gasteiger partial charge on any atom is 0.0931 e. The van der Waals surface area contributed by atoms with Gasteiger partial charge in [-0.25, -0.2) is 5.43 Å². The Morgan fingerprint density at radius 2 is 2.12 bits per heavy atom. The molecule has 86 valence electrons. The van der Waals surface area contributed by atoms with Crippen molar-refractivity contribution in [2.75, 3.05) is 0 Å². The van der Waals surface area contributed by atoms with Crippen molar-refractivity contribution in [3.05, 3.63) is 41.6 Å². The largest absolute Gasteiger partial charge is 0.271 e. The van der Waals surface area contributed by atoms with Crippen LogP contribution in [0.2, 0.25) is 4.34 Å². The van der Waals surface area contributed by atoms with Crippen LogP contribution in [0.25, 0.3) is 0 Å². The fourth-order valence-electron chi connectivity index (χ4n) is 1.41. The number of hydrogen-bond acceptors (Lipinski definition) is 4. The Morgan fingerprint density at radius 3 is 2.56 bits per heavy atom. The maximum atomic E-state index is 5.93. The molecular weight excluding hydrogens is 328 g/mol. The van der Waals surface area contributed by atoms with Gasteiger partial charge >= 0.3 is 0 Å². The minimum Gasteiger partial charge on any atom is -0.271 e. The first kappa shape index (κ1) is 12.5. The lowest BCUT2D eigenvalue weighted by atomic mass is 10.2. The van der Waals surface area contributed by atoms with E-state index in [0.29, 0.717) is 0 Å². The molecule has 1 atom stereocenters. The average molecular weight is 338 g/mol. The predicted octanol–water partition coefficient (Wildman–Crippen LogP) is 4.09. The van der Waals surface area contributed by atoms with Crippen molar-refractivity contribution < 1.29 is 0 Å². The van der Waals surface area contributed by atoms with Crippen LogP contribution in [0.15, 0.2) is 22.0 Å². The van der Waals surface area contributed by atoms with E-state index in [9.17, 15) is 0 Å². The molecule has 0 bridgehead atoms. The summed E-state index contributed by atoms with van der Waals surface area (Å²) in [6.45, 7) is 2.07. The summed E-state index contributed by atoms with van der Waals surface area (Å²) in [7, 11) is 0. The lowest BCUT2D eigenvalue weighted by Gasteiger charge is -2.11. The van der Waals surface area contributed by atoms with Gasteiger partial charge < -0.3 is 0 Å². The molecule has 0 radical (unpaired) electrons. The molecule has 0 amide bonds. The van der Waals surface area contributed by atoms with Crippen molar-refractivity contribution in [2.24, 2.45) is 5.84 Å². The topological polar surface area (TPSA) is 38.0 Å². The Bertz CT molecular complexity index is 475. The zero-order valence-electron chi connectivity index (χ0n) is 8.46.